The molecule has 0 radical (unpaired) electrons. The molecule has 1 aliphatic heterocycles. The van der Waals surface area contributed by atoms with Gasteiger partial charge in [0.15, 0.2) is 11.5 Å². The number of nitrogens with zero attached hydrogens (tertiary/aromatic N) is 1. The summed E-state index contributed by atoms with van der Waals surface area (Å²) in [5.74, 6) is 2.40. The molecule has 0 unspecified atom stereocenters. The molecule has 0 spiro atoms. The third-order valence-corrected chi connectivity index (χ3v) is 8.16. The van der Waals surface area contributed by atoms with Crippen molar-refractivity contribution in [2.75, 3.05) is 12.4 Å². The van der Waals surface area contributed by atoms with Gasteiger partial charge in [0.25, 0.3) is 0 Å². The van der Waals surface area contributed by atoms with Crippen LogP contribution < -0.4 is 14.8 Å². The molecular weight excluding hydrogens is 548 g/mol. The number of nitrogens with one attached hydrogen (secondary N) is 1. The van der Waals surface area contributed by atoms with Crippen LogP contribution >= 0.6 is 15.9 Å². The van der Waals surface area contributed by atoms with E-state index in [0.29, 0.717) is 29.9 Å². The van der Waals surface area contributed by atoms with Gasteiger partial charge in [0, 0.05) is 22.3 Å². The van der Waals surface area contributed by atoms with E-state index in [4.69, 9.17) is 14.5 Å². The predicted molar refractivity (Wildman–Crippen MR) is 163 cm³/mol. The predicted octanol–water partition coefficient (Wildman–Crippen LogP) is 8.92. The highest BCUT2D eigenvalue weighted by Gasteiger charge is 2.37. The van der Waals surface area contributed by atoms with E-state index in [1.165, 1.54) is 22.4 Å². The van der Waals surface area contributed by atoms with Crippen LogP contribution in [0.2, 0.25) is 0 Å². The molecule has 0 amide bonds. The summed E-state index contributed by atoms with van der Waals surface area (Å²) < 4.78 is 12.6. The number of halogens is 1. The lowest BCUT2D eigenvalue weighted by Crippen LogP contribution is -2.29. The normalized spacial score (nSPS) is 19.4. The number of aliphatic imine (C=N–C) groups is 1. The fourth-order valence-electron chi connectivity index (χ4n) is 5.59. The third-order valence-electron chi connectivity index (χ3n) is 7.63. The Kier molecular flexibility index (Phi) is 7.25. The standard InChI is InChI=1S/C34H31BrN2O2/c1-22-6-16-31-30(18-22)28-4-3-5-29(28)34(37-31)25-10-14-27(15-11-25)36-20-24-9-17-32(33(19-24)38-2)39-21-23-7-12-26(35)13-8-23/h3-4,6-20,28-29,34,37H,5,21H2,1-2H3/t28-,29-,34+/m1/s1. The van der Waals surface area contributed by atoms with Gasteiger partial charge in [-0.05, 0) is 90.0 Å². The van der Waals surface area contributed by atoms with Crippen molar-refractivity contribution in [3.63, 3.8) is 0 Å². The molecule has 2 aliphatic rings. The minimum absolute atomic E-state index is 0.285. The lowest BCUT2D eigenvalue weighted by Gasteiger charge is -2.37. The summed E-state index contributed by atoms with van der Waals surface area (Å²) in [5, 5.41) is 3.82. The second-order valence-corrected chi connectivity index (χ2v) is 11.2. The highest BCUT2D eigenvalue weighted by molar-refractivity contribution is 9.10. The molecule has 5 heteroatoms. The maximum Gasteiger partial charge on any atom is 0.161 e. The van der Waals surface area contributed by atoms with Gasteiger partial charge in [0.1, 0.15) is 6.61 Å². The number of aryl methyl sites for hydroxylation is 1. The van der Waals surface area contributed by atoms with Crippen LogP contribution in [0.15, 0.2) is 107 Å². The Labute approximate surface area is 238 Å². The molecule has 0 bridgehead atoms. The molecule has 1 heterocycles. The van der Waals surface area contributed by atoms with E-state index in [1.807, 2.05) is 48.7 Å². The fourth-order valence-corrected chi connectivity index (χ4v) is 5.85. The summed E-state index contributed by atoms with van der Waals surface area (Å²) in [6.45, 7) is 2.64. The van der Waals surface area contributed by atoms with Gasteiger partial charge >= 0.3 is 0 Å². The molecule has 4 nitrogen and oxygen atoms in total. The number of anilines is 1. The van der Waals surface area contributed by atoms with Crippen LogP contribution in [-0.4, -0.2) is 13.3 Å². The van der Waals surface area contributed by atoms with Crippen LogP contribution in [0.25, 0.3) is 0 Å². The van der Waals surface area contributed by atoms with Crippen molar-refractivity contribution in [2.45, 2.75) is 31.9 Å². The minimum Gasteiger partial charge on any atom is -0.493 e. The second kappa shape index (κ2) is 11.1. The number of rotatable bonds is 7. The van der Waals surface area contributed by atoms with Gasteiger partial charge in [0.2, 0.25) is 0 Å². The smallest absolute Gasteiger partial charge is 0.161 e. The van der Waals surface area contributed by atoms with E-state index >= 15 is 0 Å². The zero-order chi connectivity index (χ0) is 26.8. The fraction of sp³-hybridized carbons (Fsp3) is 0.206. The number of benzene rings is 4. The Balaban J connectivity index is 1.14. The van der Waals surface area contributed by atoms with Crippen molar-refractivity contribution >= 4 is 33.5 Å². The lowest BCUT2D eigenvalue weighted by molar-refractivity contribution is 0.284. The van der Waals surface area contributed by atoms with E-state index < -0.39 is 0 Å². The van der Waals surface area contributed by atoms with Crippen molar-refractivity contribution in [1.82, 2.24) is 0 Å². The summed E-state index contributed by atoms with van der Waals surface area (Å²) >= 11 is 3.46. The van der Waals surface area contributed by atoms with Gasteiger partial charge in [-0.1, -0.05) is 70.0 Å². The summed E-state index contributed by atoms with van der Waals surface area (Å²) in [5.41, 5.74) is 8.25. The summed E-state index contributed by atoms with van der Waals surface area (Å²) in [6.07, 6.45) is 7.69. The second-order valence-electron chi connectivity index (χ2n) is 10.2. The van der Waals surface area contributed by atoms with E-state index in [2.05, 4.69) is 82.8 Å². The van der Waals surface area contributed by atoms with Gasteiger partial charge in [-0.2, -0.15) is 0 Å². The number of fused-ring (bicyclic) bond motifs is 3. The third kappa shape index (κ3) is 5.50. The van der Waals surface area contributed by atoms with E-state index in [1.54, 1.807) is 7.11 Å². The average Bonchev–Trinajstić information content (AvgIpc) is 3.46. The molecule has 39 heavy (non-hydrogen) atoms. The first-order valence-electron chi connectivity index (χ1n) is 13.3. The molecule has 6 rings (SSSR count). The zero-order valence-corrected chi connectivity index (χ0v) is 23.7. The molecule has 0 saturated heterocycles. The first-order valence-corrected chi connectivity index (χ1v) is 14.1. The molecule has 196 valence electrons. The first-order chi connectivity index (χ1) is 19.1. The Morgan fingerprint density at radius 1 is 0.949 bits per heavy atom. The topological polar surface area (TPSA) is 42.8 Å². The molecule has 1 aliphatic carbocycles. The number of ether oxygens (including phenoxy) is 2. The highest BCUT2D eigenvalue weighted by atomic mass is 79.9. The summed E-state index contributed by atoms with van der Waals surface area (Å²) in [6, 6.07) is 29.6. The lowest BCUT2D eigenvalue weighted by atomic mass is 9.76. The summed E-state index contributed by atoms with van der Waals surface area (Å²) in [4.78, 5) is 4.72. The van der Waals surface area contributed by atoms with Crippen molar-refractivity contribution in [3.8, 4) is 11.5 Å². The monoisotopic (exact) mass is 578 g/mol. The van der Waals surface area contributed by atoms with Gasteiger partial charge in [-0.15, -0.1) is 0 Å². The van der Waals surface area contributed by atoms with Gasteiger partial charge in [-0.3, -0.25) is 4.99 Å². The molecule has 0 aromatic heterocycles. The largest absolute Gasteiger partial charge is 0.493 e. The van der Waals surface area contributed by atoms with E-state index in [0.717, 1.165) is 27.7 Å². The zero-order valence-electron chi connectivity index (χ0n) is 22.1. The Morgan fingerprint density at radius 2 is 1.77 bits per heavy atom. The highest BCUT2D eigenvalue weighted by Crippen LogP contribution is 2.50. The molecule has 4 aromatic carbocycles. The maximum atomic E-state index is 6.00. The molecule has 3 atom stereocenters. The molecular formula is C34H31BrN2O2. The maximum absolute atomic E-state index is 6.00. The van der Waals surface area contributed by atoms with Crippen LogP contribution in [0.1, 0.15) is 46.2 Å². The van der Waals surface area contributed by atoms with Gasteiger partial charge in [0.05, 0.1) is 18.8 Å². The van der Waals surface area contributed by atoms with Gasteiger partial charge in [-0.25, -0.2) is 0 Å². The van der Waals surface area contributed by atoms with Crippen molar-refractivity contribution in [3.05, 3.63) is 129 Å². The number of allylic oxidation sites excluding steroid dienone is 2. The van der Waals surface area contributed by atoms with Crippen LogP contribution in [0.3, 0.4) is 0 Å². The number of methoxy groups -OCH3 is 1. The average molecular weight is 580 g/mol. The Morgan fingerprint density at radius 3 is 2.56 bits per heavy atom. The van der Waals surface area contributed by atoms with Crippen molar-refractivity contribution < 1.29 is 9.47 Å². The molecule has 0 fully saturated rings. The Hall–Kier alpha value is -3.83. The van der Waals surface area contributed by atoms with Crippen LogP contribution in [0.5, 0.6) is 11.5 Å². The quantitative estimate of drug-likeness (QED) is 0.176. The number of hydrogen-bond donors (Lipinski definition) is 1. The van der Waals surface area contributed by atoms with Crippen molar-refractivity contribution in [1.29, 1.82) is 0 Å². The van der Waals surface area contributed by atoms with Gasteiger partial charge < -0.3 is 14.8 Å². The number of hydrogen-bond acceptors (Lipinski definition) is 4. The van der Waals surface area contributed by atoms with E-state index in [9.17, 15) is 0 Å². The first kappa shape index (κ1) is 25.4. The summed E-state index contributed by atoms with van der Waals surface area (Å²) in [7, 11) is 1.66. The van der Waals surface area contributed by atoms with Crippen molar-refractivity contribution in [2.24, 2.45) is 10.9 Å². The van der Waals surface area contributed by atoms with Crippen LogP contribution in [-0.2, 0) is 6.61 Å². The molecule has 0 saturated carbocycles. The minimum atomic E-state index is 0.285. The molecule has 1 N–H and O–H groups in total. The van der Waals surface area contributed by atoms with Crippen LogP contribution in [0.4, 0.5) is 11.4 Å². The van der Waals surface area contributed by atoms with Crippen LogP contribution in [0, 0.1) is 12.8 Å². The Bertz CT molecular complexity index is 1530. The molecule has 4 aromatic rings. The van der Waals surface area contributed by atoms with E-state index in [-0.39, 0.29) is 6.04 Å². The SMILES string of the molecule is COc1cc(C=Nc2ccc([C@@H]3Nc4ccc(C)cc4[C@@H]4C=CC[C@H]43)cc2)ccc1OCc1ccc(Br)cc1.